The average molecular weight is 246 g/mol. The summed E-state index contributed by atoms with van der Waals surface area (Å²) in [5, 5.41) is 9.22. The number of ether oxygens (including phenoxy) is 1. The number of para-hydroxylation sites is 2. The van der Waals surface area contributed by atoms with Gasteiger partial charge in [-0.15, -0.1) is 0 Å². The van der Waals surface area contributed by atoms with Gasteiger partial charge in [-0.1, -0.05) is 12.1 Å². The monoisotopic (exact) mass is 246 g/mol. The Morgan fingerprint density at radius 1 is 1.50 bits per heavy atom. The van der Waals surface area contributed by atoms with E-state index >= 15 is 0 Å². The number of fused-ring (bicyclic) bond motifs is 1. The molecule has 5 heteroatoms. The van der Waals surface area contributed by atoms with Gasteiger partial charge in [-0.05, 0) is 25.0 Å². The Morgan fingerprint density at radius 3 is 3.06 bits per heavy atom. The van der Waals surface area contributed by atoms with E-state index in [0.717, 1.165) is 25.0 Å². The lowest BCUT2D eigenvalue weighted by Crippen LogP contribution is -2.19. The number of carbonyl (C=O) groups is 1. The van der Waals surface area contributed by atoms with Crippen molar-refractivity contribution in [2.24, 2.45) is 0 Å². The van der Waals surface area contributed by atoms with Crippen LogP contribution in [0, 0.1) is 0 Å². The molecule has 18 heavy (non-hydrogen) atoms. The maximum absolute atomic E-state index is 11.2. The van der Waals surface area contributed by atoms with Gasteiger partial charge in [0, 0.05) is 6.61 Å². The van der Waals surface area contributed by atoms with E-state index in [1.165, 1.54) is 0 Å². The summed E-state index contributed by atoms with van der Waals surface area (Å²) in [6.07, 6.45) is 2.12. The van der Waals surface area contributed by atoms with Gasteiger partial charge in [0.1, 0.15) is 0 Å². The SMILES string of the molecule is O=C(O)c1nc2ccccc2n1CC1CCCO1. The summed E-state index contributed by atoms with van der Waals surface area (Å²) < 4.78 is 7.31. The fraction of sp³-hybridized carbons (Fsp3) is 0.385. The molecule has 94 valence electrons. The zero-order valence-corrected chi connectivity index (χ0v) is 9.87. The number of nitrogens with zero attached hydrogens (tertiary/aromatic N) is 2. The quantitative estimate of drug-likeness (QED) is 0.898. The first-order valence-corrected chi connectivity index (χ1v) is 6.06. The summed E-state index contributed by atoms with van der Waals surface area (Å²) in [4.78, 5) is 15.4. The molecule has 1 atom stereocenters. The molecule has 1 unspecified atom stereocenters. The van der Waals surface area contributed by atoms with E-state index in [4.69, 9.17) is 4.74 Å². The topological polar surface area (TPSA) is 64.3 Å². The number of hydrogen-bond acceptors (Lipinski definition) is 3. The molecule has 0 amide bonds. The fourth-order valence-corrected chi connectivity index (χ4v) is 2.42. The third kappa shape index (κ3) is 1.86. The van der Waals surface area contributed by atoms with Gasteiger partial charge in [0.2, 0.25) is 5.82 Å². The molecule has 0 bridgehead atoms. The molecule has 1 aliphatic heterocycles. The largest absolute Gasteiger partial charge is 0.475 e. The zero-order chi connectivity index (χ0) is 12.5. The maximum atomic E-state index is 11.2. The zero-order valence-electron chi connectivity index (χ0n) is 9.87. The molecule has 0 radical (unpaired) electrons. The molecule has 1 fully saturated rings. The Labute approximate surface area is 104 Å². The summed E-state index contributed by atoms with van der Waals surface area (Å²) in [7, 11) is 0. The van der Waals surface area contributed by atoms with Crippen molar-refractivity contribution in [3.05, 3.63) is 30.1 Å². The maximum Gasteiger partial charge on any atom is 0.372 e. The van der Waals surface area contributed by atoms with Crippen LogP contribution in [-0.4, -0.2) is 33.3 Å². The first kappa shape index (κ1) is 11.2. The Bertz CT molecular complexity index is 585. The third-order valence-corrected chi connectivity index (χ3v) is 3.26. The lowest BCUT2D eigenvalue weighted by molar-refractivity contribution is 0.0665. The summed E-state index contributed by atoms with van der Waals surface area (Å²) >= 11 is 0. The van der Waals surface area contributed by atoms with Crippen LogP contribution >= 0.6 is 0 Å². The molecule has 2 aromatic rings. The number of hydrogen-bond donors (Lipinski definition) is 1. The molecular formula is C13H14N2O3. The second-order valence-electron chi connectivity index (χ2n) is 4.47. The highest BCUT2D eigenvalue weighted by Gasteiger charge is 2.22. The normalized spacial score (nSPS) is 19.4. The number of carboxylic acids is 1. The fourth-order valence-electron chi connectivity index (χ4n) is 2.42. The van der Waals surface area contributed by atoms with E-state index in [-0.39, 0.29) is 11.9 Å². The van der Waals surface area contributed by atoms with E-state index in [2.05, 4.69) is 4.98 Å². The molecule has 1 saturated heterocycles. The highest BCUT2D eigenvalue weighted by molar-refractivity contribution is 5.89. The van der Waals surface area contributed by atoms with E-state index in [9.17, 15) is 9.90 Å². The summed E-state index contributed by atoms with van der Waals surface area (Å²) in [6, 6.07) is 7.47. The van der Waals surface area contributed by atoms with Crippen molar-refractivity contribution in [2.75, 3.05) is 6.61 Å². The molecule has 5 nitrogen and oxygen atoms in total. The predicted molar refractivity (Wildman–Crippen MR) is 65.7 cm³/mol. The van der Waals surface area contributed by atoms with Crippen molar-refractivity contribution in [1.29, 1.82) is 0 Å². The molecule has 1 aromatic heterocycles. The van der Waals surface area contributed by atoms with E-state index in [1.807, 2.05) is 24.3 Å². The standard InChI is InChI=1S/C13H14N2O3/c16-13(17)12-14-10-5-1-2-6-11(10)15(12)8-9-4-3-7-18-9/h1-2,5-6,9H,3-4,7-8H2,(H,16,17). The summed E-state index contributed by atoms with van der Waals surface area (Å²) in [5.74, 6) is -0.907. The van der Waals surface area contributed by atoms with Gasteiger partial charge < -0.3 is 14.4 Å². The van der Waals surface area contributed by atoms with Crippen LogP contribution in [0.15, 0.2) is 24.3 Å². The molecule has 1 aliphatic rings. The van der Waals surface area contributed by atoms with Gasteiger partial charge in [-0.2, -0.15) is 0 Å². The molecule has 1 N–H and O–H groups in total. The third-order valence-electron chi connectivity index (χ3n) is 3.26. The molecule has 1 aromatic carbocycles. The Kier molecular flexibility index (Phi) is 2.76. The van der Waals surface area contributed by atoms with Crippen LogP contribution in [0.25, 0.3) is 11.0 Å². The van der Waals surface area contributed by atoms with Gasteiger partial charge in [0.05, 0.1) is 23.7 Å². The number of imidazole rings is 1. The van der Waals surface area contributed by atoms with Crippen molar-refractivity contribution < 1.29 is 14.6 Å². The summed E-state index contributed by atoms with van der Waals surface area (Å²) in [5.41, 5.74) is 1.57. The number of rotatable bonds is 3. The first-order chi connectivity index (χ1) is 8.75. The van der Waals surface area contributed by atoms with Crippen molar-refractivity contribution in [1.82, 2.24) is 9.55 Å². The minimum Gasteiger partial charge on any atom is -0.475 e. The van der Waals surface area contributed by atoms with E-state index < -0.39 is 5.97 Å². The van der Waals surface area contributed by atoms with Gasteiger partial charge in [0.25, 0.3) is 0 Å². The highest BCUT2D eigenvalue weighted by atomic mass is 16.5. The van der Waals surface area contributed by atoms with Crippen LogP contribution in [0.2, 0.25) is 0 Å². The van der Waals surface area contributed by atoms with Crippen molar-refractivity contribution >= 4 is 17.0 Å². The second-order valence-corrected chi connectivity index (χ2v) is 4.47. The van der Waals surface area contributed by atoms with Gasteiger partial charge in [-0.25, -0.2) is 9.78 Å². The van der Waals surface area contributed by atoms with Crippen LogP contribution in [0.3, 0.4) is 0 Å². The molecule has 0 aliphatic carbocycles. The Morgan fingerprint density at radius 2 is 2.33 bits per heavy atom. The molecule has 0 spiro atoms. The molecule has 2 heterocycles. The van der Waals surface area contributed by atoms with Crippen LogP contribution < -0.4 is 0 Å². The average Bonchev–Trinajstić information content (AvgIpc) is 2.98. The number of aromatic nitrogens is 2. The van der Waals surface area contributed by atoms with Crippen molar-refractivity contribution in [3.8, 4) is 0 Å². The Hall–Kier alpha value is -1.88. The van der Waals surface area contributed by atoms with Crippen LogP contribution in [0.4, 0.5) is 0 Å². The first-order valence-electron chi connectivity index (χ1n) is 6.06. The molecule has 0 saturated carbocycles. The minimum absolute atomic E-state index is 0.0895. The smallest absolute Gasteiger partial charge is 0.372 e. The Balaban J connectivity index is 2.05. The molecule has 3 rings (SSSR count). The van der Waals surface area contributed by atoms with Gasteiger partial charge >= 0.3 is 5.97 Å². The predicted octanol–water partition coefficient (Wildman–Crippen LogP) is 1.91. The van der Waals surface area contributed by atoms with Crippen molar-refractivity contribution in [2.45, 2.75) is 25.5 Å². The number of aromatic carboxylic acids is 1. The van der Waals surface area contributed by atoms with Crippen molar-refractivity contribution in [3.63, 3.8) is 0 Å². The number of benzene rings is 1. The summed E-state index contributed by atoms with van der Waals surface area (Å²) in [6.45, 7) is 1.32. The van der Waals surface area contributed by atoms with E-state index in [1.54, 1.807) is 4.57 Å². The highest BCUT2D eigenvalue weighted by Crippen LogP contribution is 2.20. The number of carboxylic acid groups (broad SMARTS) is 1. The minimum atomic E-state index is -0.996. The lowest BCUT2D eigenvalue weighted by atomic mass is 10.2. The van der Waals surface area contributed by atoms with Crippen LogP contribution in [0.5, 0.6) is 0 Å². The van der Waals surface area contributed by atoms with Gasteiger partial charge in [-0.3, -0.25) is 0 Å². The van der Waals surface area contributed by atoms with Crippen LogP contribution in [0.1, 0.15) is 23.5 Å². The lowest BCUT2D eigenvalue weighted by Gasteiger charge is -2.12. The molecular weight excluding hydrogens is 232 g/mol. The van der Waals surface area contributed by atoms with Crippen LogP contribution in [-0.2, 0) is 11.3 Å². The van der Waals surface area contributed by atoms with Gasteiger partial charge in [0.15, 0.2) is 0 Å². The second kappa shape index (κ2) is 4.42. The van der Waals surface area contributed by atoms with E-state index in [0.29, 0.717) is 12.1 Å².